The number of piperidine rings is 1. The van der Waals surface area contributed by atoms with E-state index in [9.17, 15) is 13.2 Å². The molecule has 154 valence electrons. The van der Waals surface area contributed by atoms with Gasteiger partial charge in [0.2, 0.25) is 15.9 Å². The molecule has 4 rings (SSSR count). The van der Waals surface area contributed by atoms with Crippen LogP contribution in [-0.4, -0.2) is 55.8 Å². The van der Waals surface area contributed by atoms with Gasteiger partial charge in [-0.1, -0.05) is 36.4 Å². The Kier molecular flexibility index (Phi) is 5.87. The summed E-state index contributed by atoms with van der Waals surface area (Å²) in [5, 5.41) is 3.49. The van der Waals surface area contributed by atoms with E-state index in [1.165, 1.54) is 4.31 Å². The van der Waals surface area contributed by atoms with Crippen molar-refractivity contribution < 1.29 is 13.2 Å². The number of anilines is 1. The number of carbonyl (C=O) groups excluding carboxylic acids is 1. The van der Waals surface area contributed by atoms with Crippen LogP contribution in [0.4, 0.5) is 5.69 Å². The molecule has 1 unspecified atom stereocenters. The predicted octanol–water partition coefficient (Wildman–Crippen LogP) is 2.80. The van der Waals surface area contributed by atoms with Crippen LogP contribution in [0.5, 0.6) is 0 Å². The summed E-state index contributed by atoms with van der Waals surface area (Å²) in [7, 11) is -3.48. The Morgan fingerprint density at radius 2 is 1.48 bits per heavy atom. The van der Waals surface area contributed by atoms with Crippen LogP contribution < -0.4 is 5.32 Å². The third kappa shape index (κ3) is 4.46. The lowest BCUT2D eigenvalue weighted by Crippen LogP contribution is -2.44. The molecule has 0 aliphatic carbocycles. The van der Waals surface area contributed by atoms with Crippen LogP contribution in [0.1, 0.15) is 19.3 Å². The van der Waals surface area contributed by atoms with Crippen molar-refractivity contribution in [2.45, 2.75) is 30.2 Å². The molecule has 0 spiro atoms. The van der Waals surface area contributed by atoms with Crippen LogP contribution in [0, 0.1) is 5.92 Å². The molecule has 1 atom stereocenters. The van der Waals surface area contributed by atoms with E-state index in [2.05, 4.69) is 5.32 Å². The van der Waals surface area contributed by atoms with Gasteiger partial charge in [-0.25, -0.2) is 8.42 Å². The highest BCUT2D eigenvalue weighted by Gasteiger charge is 2.35. The second-order valence-corrected chi connectivity index (χ2v) is 9.71. The van der Waals surface area contributed by atoms with E-state index >= 15 is 0 Å². The van der Waals surface area contributed by atoms with E-state index in [1.807, 2.05) is 35.2 Å². The molecule has 0 aromatic heterocycles. The molecule has 2 heterocycles. The lowest BCUT2D eigenvalue weighted by atomic mass is 9.96. The molecule has 2 aliphatic rings. The molecule has 1 N–H and O–H groups in total. The van der Waals surface area contributed by atoms with Crippen LogP contribution in [0.3, 0.4) is 0 Å². The number of rotatable bonds is 5. The zero-order chi connectivity index (χ0) is 20.3. The number of hydrogen-bond acceptors (Lipinski definition) is 4. The molecule has 2 saturated heterocycles. The molecule has 2 aromatic carbocycles. The van der Waals surface area contributed by atoms with E-state index in [0.29, 0.717) is 37.4 Å². The van der Waals surface area contributed by atoms with Gasteiger partial charge in [-0.2, -0.15) is 4.31 Å². The Morgan fingerprint density at radius 3 is 2.14 bits per heavy atom. The van der Waals surface area contributed by atoms with Gasteiger partial charge >= 0.3 is 0 Å². The summed E-state index contributed by atoms with van der Waals surface area (Å²) in [5.41, 5.74) is 1.08. The summed E-state index contributed by atoms with van der Waals surface area (Å²) >= 11 is 0. The number of hydrogen-bond donors (Lipinski definition) is 1. The van der Waals surface area contributed by atoms with Crippen molar-refractivity contribution in [3.63, 3.8) is 0 Å². The molecule has 0 radical (unpaired) electrons. The molecule has 2 aliphatic heterocycles. The Hall–Kier alpha value is -2.38. The van der Waals surface area contributed by atoms with E-state index in [1.54, 1.807) is 30.3 Å². The van der Waals surface area contributed by atoms with Crippen molar-refractivity contribution in [2.75, 3.05) is 31.5 Å². The quantitative estimate of drug-likeness (QED) is 0.818. The molecule has 2 aromatic rings. The number of benzene rings is 2. The van der Waals surface area contributed by atoms with Gasteiger partial charge in [0.25, 0.3) is 0 Å². The summed E-state index contributed by atoms with van der Waals surface area (Å²) < 4.78 is 27.0. The minimum atomic E-state index is -3.48. The minimum Gasteiger partial charge on any atom is -0.380 e. The van der Waals surface area contributed by atoms with E-state index in [0.717, 1.165) is 18.7 Å². The number of amides is 1. The zero-order valence-electron chi connectivity index (χ0n) is 16.4. The van der Waals surface area contributed by atoms with Gasteiger partial charge in [-0.15, -0.1) is 0 Å². The van der Waals surface area contributed by atoms with Gasteiger partial charge in [0.15, 0.2) is 0 Å². The molecular weight excluding hydrogens is 386 g/mol. The van der Waals surface area contributed by atoms with Crippen molar-refractivity contribution in [1.82, 2.24) is 9.21 Å². The number of likely N-dealkylation sites (tertiary alicyclic amines) is 1. The van der Waals surface area contributed by atoms with Crippen molar-refractivity contribution in [3.05, 3.63) is 60.7 Å². The normalized spacial score (nSPS) is 21.2. The van der Waals surface area contributed by atoms with Gasteiger partial charge in [0, 0.05) is 43.8 Å². The fourth-order valence-electron chi connectivity index (χ4n) is 4.19. The second kappa shape index (κ2) is 8.55. The maximum absolute atomic E-state index is 13.0. The summed E-state index contributed by atoms with van der Waals surface area (Å²) in [4.78, 5) is 15.2. The highest BCUT2D eigenvalue weighted by molar-refractivity contribution is 7.89. The standard InChI is InChI=1S/C22H27N3O3S/c26-22(24-14-13-20(17-24)23-19-7-3-1-4-8-19)18-11-15-25(16-12-18)29(27,28)21-9-5-2-6-10-21/h1-10,18,20,23H,11-17H2. The largest absolute Gasteiger partial charge is 0.380 e. The summed E-state index contributed by atoms with van der Waals surface area (Å²) in [5.74, 6) is 0.0758. The van der Waals surface area contributed by atoms with E-state index in [4.69, 9.17) is 0 Å². The average molecular weight is 414 g/mol. The van der Waals surface area contributed by atoms with Gasteiger partial charge in [0.1, 0.15) is 0 Å². The van der Waals surface area contributed by atoms with Gasteiger partial charge in [-0.3, -0.25) is 4.79 Å². The monoisotopic (exact) mass is 413 g/mol. The first-order valence-corrected chi connectivity index (χ1v) is 11.6. The van der Waals surface area contributed by atoms with Crippen LogP contribution in [0.25, 0.3) is 0 Å². The third-order valence-corrected chi connectivity index (χ3v) is 7.74. The first-order valence-electron chi connectivity index (χ1n) is 10.2. The summed E-state index contributed by atoms with van der Waals surface area (Å²) in [6.45, 7) is 2.25. The number of nitrogens with one attached hydrogen (secondary N) is 1. The van der Waals surface area contributed by atoms with E-state index in [-0.39, 0.29) is 17.9 Å². The van der Waals surface area contributed by atoms with Crippen molar-refractivity contribution in [2.24, 2.45) is 5.92 Å². The number of carbonyl (C=O) groups is 1. The highest BCUT2D eigenvalue weighted by Crippen LogP contribution is 2.26. The smallest absolute Gasteiger partial charge is 0.243 e. The highest BCUT2D eigenvalue weighted by atomic mass is 32.2. The molecule has 7 heteroatoms. The number of nitrogens with zero attached hydrogens (tertiary/aromatic N) is 2. The first kappa shape index (κ1) is 19.9. The van der Waals surface area contributed by atoms with Crippen LogP contribution in [-0.2, 0) is 14.8 Å². The molecule has 6 nitrogen and oxygen atoms in total. The summed E-state index contributed by atoms with van der Waals surface area (Å²) in [6.07, 6.45) is 2.10. The fourth-order valence-corrected chi connectivity index (χ4v) is 5.68. The molecule has 2 fully saturated rings. The molecular formula is C22H27N3O3S. The number of sulfonamides is 1. The SMILES string of the molecule is O=C(C1CCN(S(=O)(=O)c2ccccc2)CC1)N1CCC(Nc2ccccc2)C1. The third-order valence-electron chi connectivity index (χ3n) is 5.83. The Bertz CT molecular complexity index is 926. The van der Waals surface area contributed by atoms with Crippen molar-refractivity contribution in [1.29, 1.82) is 0 Å². The molecule has 1 amide bonds. The molecule has 0 saturated carbocycles. The Labute approximate surface area is 172 Å². The number of para-hydroxylation sites is 1. The van der Waals surface area contributed by atoms with Crippen molar-refractivity contribution >= 4 is 21.6 Å². The minimum absolute atomic E-state index is 0.0901. The molecule has 29 heavy (non-hydrogen) atoms. The van der Waals surface area contributed by atoms with Crippen LogP contribution in [0.15, 0.2) is 65.6 Å². The summed E-state index contributed by atoms with van der Waals surface area (Å²) in [6, 6.07) is 18.8. The van der Waals surface area contributed by atoms with Crippen molar-refractivity contribution in [3.8, 4) is 0 Å². The Balaban J connectivity index is 1.30. The second-order valence-electron chi connectivity index (χ2n) is 7.77. The lowest BCUT2D eigenvalue weighted by Gasteiger charge is -2.32. The molecule has 0 bridgehead atoms. The lowest BCUT2D eigenvalue weighted by molar-refractivity contribution is -0.135. The maximum atomic E-state index is 13.0. The van der Waals surface area contributed by atoms with Crippen LogP contribution >= 0.6 is 0 Å². The average Bonchev–Trinajstić information content (AvgIpc) is 3.23. The van der Waals surface area contributed by atoms with Gasteiger partial charge < -0.3 is 10.2 Å². The Morgan fingerprint density at radius 1 is 0.862 bits per heavy atom. The predicted molar refractivity (Wildman–Crippen MR) is 113 cm³/mol. The maximum Gasteiger partial charge on any atom is 0.243 e. The van der Waals surface area contributed by atoms with Crippen LogP contribution in [0.2, 0.25) is 0 Å². The topological polar surface area (TPSA) is 69.7 Å². The van der Waals surface area contributed by atoms with Gasteiger partial charge in [-0.05, 0) is 43.5 Å². The van der Waals surface area contributed by atoms with Gasteiger partial charge in [0.05, 0.1) is 4.90 Å². The van der Waals surface area contributed by atoms with E-state index < -0.39 is 10.0 Å². The zero-order valence-corrected chi connectivity index (χ0v) is 17.2. The fraction of sp³-hybridized carbons (Fsp3) is 0.409. The first-order chi connectivity index (χ1) is 14.0.